The van der Waals surface area contributed by atoms with E-state index in [9.17, 15) is 0 Å². The van der Waals surface area contributed by atoms with Crippen molar-refractivity contribution < 1.29 is 0 Å². The van der Waals surface area contributed by atoms with Gasteiger partial charge in [-0.3, -0.25) is 0 Å². The van der Waals surface area contributed by atoms with Gasteiger partial charge in [-0.05, 0) is 154 Å². The Morgan fingerprint density at radius 2 is 0.500 bits per heavy atom. The van der Waals surface area contributed by atoms with Gasteiger partial charge in [0.05, 0.1) is 11.4 Å². The zero-order valence-corrected chi connectivity index (χ0v) is 55.5. The number of hydrogen-bond donors (Lipinski definition) is 0. The van der Waals surface area contributed by atoms with Crippen LogP contribution in [-0.2, 0) is 10.8 Å². The minimum absolute atomic E-state index is 0.137. The minimum Gasteiger partial charge on any atom is -0.310 e. The van der Waals surface area contributed by atoms with Crippen LogP contribution in [0.4, 0.5) is 34.1 Å². The summed E-state index contributed by atoms with van der Waals surface area (Å²) in [4.78, 5) is 5.14. The third-order valence-electron chi connectivity index (χ3n) is 20.6. The highest BCUT2D eigenvalue weighted by Crippen LogP contribution is 2.62. The van der Waals surface area contributed by atoms with Gasteiger partial charge in [-0.25, -0.2) is 0 Å². The smallest absolute Gasteiger partial charge is 0.0540 e. The monoisotopic (exact) mass is 1190 g/mol. The number of benzene rings is 9. The van der Waals surface area contributed by atoms with Gasteiger partial charge in [-0.1, -0.05) is 327 Å². The van der Waals surface area contributed by atoms with Crippen molar-refractivity contribution in [2.45, 2.75) is 218 Å². The van der Waals surface area contributed by atoms with Crippen molar-refractivity contribution in [2.75, 3.05) is 9.80 Å². The van der Waals surface area contributed by atoms with E-state index in [0.29, 0.717) is 0 Å². The van der Waals surface area contributed by atoms with E-state index in [2.05, 4.69) is 256 Å². The molecule has 9 aromatic rings. The predicted molar refractivity (Wildman–Crippen MR) is 391 cm³/mol. The number of nitrogens with zero attached hydrogens (tertiary/aromatic N) is 2. The number of unbranched alkanes of at least 4 members (excludes halogenated alkanes) is 20. The highest BCUT2D eigenvalue weighted by molar-refractivity contribution is 5.95. The van der Waals surface area contributed by atoms with Crippen LogP contribution < -0.4 is 9.80 Å². The van der Waals surface area contributed by atoms with E-state index in [1.165, 1.54) is 258 Å². The molecular formula is C88H104N2. The van der Waals surface area contributed by atoms with E-state index in [1.807, 2.05) is 0 Å². The van der Waals surface area contributed by atoms with Crippen molar-refractivity contribution in [1.82, 2.24) is 0 Å². The molecule has 90 heavy (non-hydrogen) atoms. The second kappa shape index (κ2) is 32.0. The van der Waals surface area contributed by atoms with Gasteiger partial charge < -0.3 is 9.80 Å². The van der Waals surface area contributed by atoms with Crippen LogP contribution in [0.2, 0.25) is 0 Å². The largest absolute Gasteiger partial charge is 0.310 e. The molecular weight excluding hydrogens is 1080 g/mol. The molecule has 2 nitrogen and oxygen atoms in total. The molecule has 0 atom stereocenters. The van der Waals surface area contributed by atoms with Crippen LogP contribution in [0.1, 0.15) is 230 Å². The minimum atomic E-state index is -0.137. The molecule has 466 valence electrons. The summed E-state index contributed by atoms with van der Waals surface area (Å²) in [5.74, 6) is 0. The van der Waals surface area contributed by atoms with Crippen molar-refractivity contribution in [2.24, 2.45) is 0 Å². The maximum Gasteiger partial charge on any atom is 0.0540 e. The Balaban J connectivity index is 1.13. The molecule has 0 radical (unpaired) electrons. The van der Waals surface area contributed by atoms with E-state index in [0.717, 1.165) is 0 Å². The topological polar surface area (TPSA) is 6.48 Å². The first-order valence-electron chi connectivity index (χ1n) is 36.0. The van der Waals surface area contributed by atoms with Crippen molar-refractivity contribution in [3.05, 3.63) is 241 Å². The van der Waals surface area contributed by atoms with Gasteiger partial charge in [0.1, 0.15) is 0 Å². The van der Waals surface area contributed by atoms with E-state index >= 15 is 0 Å². The molecule has 0 aliphatic heterocycles. The van der Waals surface area contributed by atoms with E-state index in [-0.39, 0.29) is 10.8 Å². The zero-order valence-electron chi connectivity index (χ0n) is 55.5. The first-order chi connectivity index (χ1) is 44.5. The Morgan fingerprint density at radius 1 is 0.222 bits per heavy atom. The fraction of sp³-hybridized carbons (Fsp3) is 0.386. The normalized spacial score (nSPS) is 13.2. The number of anilines is 6. The molecule has 0 bridgehead atoms. The van der Waals surface area contributed by atoms with Crippen molar-refractivity contribution in [3.63, 3.8) is 0 Å². The lowest BCUT2D eigenvalue weighted by atomic mass is 9.68. The summed E-state index contributed by atoms with van der Waals surface area (Å²) in [6, 6.07) is 84.0. The van der Waals surface area contributed by atoms with Crippen LogP contribution in [0.5, 0.6) is 0 Å². The first kappa shape index (κ1) is 64.1. The summed E-state index contributed by atoms with van der Waals surface area (Å²) in [6.07, 6.45) is 35.7. The molecule has 11 rings (SSSR count). The Kier molecular flexibility index (Phi) is 22.8. The van der Waals surface area contributed by atoms with Gasteiger partial charge in [0.15, 0.2) is 0 Å². The molecule has 0 aromatic heterocycles. The summed E-state index contributed by atoms with van der Waals surface area (Å²) in [6.45, 7) is 9.42. The molecule has 0 spiro atoms. The van der Waals surface area contributed by atoms with Gasteiger partial charge >= 0.3 is 0 Å². The van der Waals surface area contributed by atoms with Crippen LogP contribution in [0.25, 0.3) is 44.5 Å². The van der Waals surface area contributed by atoms with Crippen LogP contribution in [0, 0.1) is 0 Å². The van der Waals surface area contributed by atoms with Crippen LogP contribution in [0.15, 0.2) is 218 Å². The Labute approximate surface area is 544 Å². The van der Waals surface area contributed by atoms with Gasteiger partial charge in [0.2, 0.25) is 0 Å². The third kappa shape index (κ3) is 14.3. The lowest BCUT2D eigenvalue weighted by Crippen LogP contribution is -2.27. The molecule has 9 aromatic carbocycles. The standard InChI is InChI=1S/C88H104N2/c1-5-9-13-17-21-41-61-87(62-42-22-18-14-10-6-2)81-65-73(89(71-49-33-27-34-50-71)85-55-39-37-53-75(85)69-45-29-25-30-46-69)57-59-77(81)79-68-84-80(67-83(79)87)78-60-58-74(66-82(78)88(84,63-43-23-19-15-11-7-3)64-44-24-20-16-12-8-4)90(72-51-35-28-36-52-72)86-56-40-38-54-76(86)70-47-31-26-32-48-70/h25-40,45-60,65-68H,5-24,41-44,61-64H2,1-4H3. The molecule has 0 heterocycles. The quantitative estimate of drug-likeness (QED) is 0.0361. The molecule has 2 heteroatoms. The molecule has 0 fully saturated rings. The highest BCUT2D eigenvalue weighted by Gasteiger charge is 2.48. The number of para-hydroxylation sites is 4. The van der Waals surface area contributed by atoms with E-state index in [4.69, 9.17) is 0 Å². The Morgan fingerprint density at radius 3 is 0.833 bits per heavy atom. The van der Waals surface area contributed by atoms with Gasteiger partial charge in [-0.15, -0.1) is 0 Å². The summed E-state index contributed by atoms with van der Waals surface area (Å²) < 4.78 is 0. The lowest BCUT2D eigenvalue weighted by molar-refractivity contribution is 0.394. The van der Waals surface area contributed by atoms with Crippen LogP contribution in [-0.4, -0.2) is 0 Å². The fourth-order valence-corrected chi connectivity index (χ4v) is 16.0. The summed E-state index contributed by atoms with van der Waals surface area (Å²) in [5, 5.41) is 0. The second-order valence-corrected chi connectivity index (χ2v) is 26.7. The molecule has 2 aliphatic carbocycles. The van der Waals surface area contributed by atoms with Crippen LogP contribution in [0.3, 0.4) is 0 Å². The predicted octanol–water partition coefficient (Wildman–Crippen LogP) is 27.5. The van der Waals surface area contributed by atoms with Crippen molar-refractivity contribution >= 4 is 34.1 Å². The SMILES string of the molecule is CCCCCCCCC1(CCCCCCCC)c2cc(N(c3ccccc3)c3ccccc3-c3ccccc3)ccc2-c2cc3c(cc21)-c1ccc(N(c2ccccc2)c2ccccc2-c2ccccc2)cc1C3(CCCCCCCC)CCCCCCCC. The third-order valence-corrected chi connectivity index (χ3v) is 20.6. The molecule has 2 aliphatic rings. The van der Waals surface area contributed by atoms with E-state index < -0.39 is 0 Å². The van der Waals surface area contributed by atoms with Gasteiger partial charge in [-0.2, -0.15) is 0 Å². The molecule has 0 saturated heterocycles. The molecule has 0 N–H and O–H groups in total. The van der Waals surface area contributed by atoms with Crippen molar-refractivity contribution in [3.8, 4) is 44.5 Å². The Bertz CT molecular complexity index is 3360. The van der Waals surface area contributed by atoms with Crippen LogP contribution >= 0.6 is 0 Å². The maximum atomic E-state index is 2.85. The summed E-state index contributed by atoms with van der Waals surface area (Å²) in [5.41, 5.74) is 24.2. The number of fused-ring (bicyclic) bond motifs is 6. The number of hydrogen-bond acceptors (Lipinski definition) is 2. The Hall–Kier alpha value is -7.42. The molecule has 0 amide bonds. The fourth-order valence-electron chi connectivity index (χ4n) is 16.0. The van der Waals surface area contributed by atoms with Gasteiger partial charge in [0.25, 0.3) is 0 Å². The maximum absolute atomic E-state index is 2.85. The average Bonchev–Trinajstić information content (AvgIpc) is 1.68. The zero-order chi connectivity index (χ0) is 61.8. The lowest BCUT2D eigenvalue weighted by Gasteiger charge is -2.36. The number of rotatable bonds is 36. The highest BCUT2D eigenvalue weighted by atomic mass is 15.2. The second-order valence-electron chi connectivity index (χ2n) is 26.7. The summed E-state index contributed by atoms with van der Waals surface area (Å²) >= 11 is 0. The summed E-state index contributed by atoms with van der Waals surface area (Å²) in [7, 11) is 0. The van der Waals surface area contributed by atoms with Gasteiger partial charge in [0, 0.05) is 44.7 Å². The first-order valence-corrected chi connectivity index (χ1v) is 36.0. The average molecular weight is 1190 g/mol. The van der Waals surface area contributed by atoms with Crippen molar-refractivity contribution in [1.29, 1.82) is 0 Å². The molecule has 0 saturated carbocycles. The van der Waals surface area contributed by atoms with E-state index in [1.54, 1.807) is 22.3 Å². The molecule has 0 unspecified atom stereocenters.